The second kappa shape index (κ2) is 30.9. The summed E-state index contributed by atoms with van der Waals surface area (Å²) in [6.07, 6.45) is 0.288. The second-order valence-electron chi connectivity index (χ2n) is 19.7. The fraction of sp³-hybridized carbons (Fsp3) is 0.462. The SMILES string of the molecule is O=C1NCCN2CCNC(=O)c3ccc(c(=O)n3O)C(=O)NCCN(CCCOCN3CCNC(=O)c4ccc(n(O)c4=O)C(=O)NCCN(CCNC(=O)c4ccc(n(O)c4=O)C(=O)NCC3)CCOCC2)CCNC(=O)c2ccc1c(=O)n2O. The number of amides is 8. The van der Waals surface area contributed by atoms with E-state index in [1.54, 1.807) is 19.6 Å². The third-order valence-corrected chi connectivity index (χ3v) is 14.0. The predicted octanol–water partition coefficient (Wildman–Crippen LogP) is -6.15. The molecule has 4 atom stereocenters. The van der Waals surface area contributed by atoms with Crippen LogP contribution in [0.15, 0.2) is 67.7 Å². The zero-order valence-corrected chi connectivity index (χ0v) is 46.7. The Balaban J connectivity index is 1.20. The van der Waals surface area contributed by atoms with E-state index in [0.29, 0.717) is 0 Å². The van der Waals surface area contributed by atoms with Crippen LogP contribution in [0.25, 0.3) is 0 Å². The molecule has 0 radical (unpaired) electrons. The maximum atomic E-state index is 13.4. The number of ether oxygens (including phenoxy) is 2. The van der Waals surface area contributed by atoms with E-state index in [1.165, 1.54) is 0 Å². The number of hydrogen-bond donors (Lipinski definition) is 12. The number of fused-ring (bicyclic) bond motifs is 8. The molecule has 10 aliphatic rings. The fourth-order valence-electron chi connectivity index (χ4n) is 9.17. The summed E-state index contributed by atoms with van der Waals surface area (Å²) >= 11 is 0. The van der Waals surface area contributed by atoms with E-state index in [1.807, 2.05) is 0 Å². The van der Waals surface area contributed by atoms with Crippen molar-refractivity contribution < 1.29 is 68.7 Å². The number of nitrogens with zero attached hydrogens (tertiary/aromatic N) is 8. The zero-order chi connectivity index (χ0) is 61.9. The predicted molar refractivity (Wildman–Crippen MR) is 297 cm³/mol. The summed E-state index contributed by atoms with van der Waals surface area (Å²) in [5.41, 5.74) is -8.67. The highest BCUT2D eigenvalue weighted by molar-refractivity contribution is 5.99. The Hall–Kier alpha value is -9.48. The average Bonchev–Trinajstić information content (AvgIpc) is 1.55. The van der Waals surface area contributed by atoms with Crippen molar-refractivity contribution in [2.24, 2.45) is 0 Å². The molecule has 4 aromatic rings. The molecule has 4 unspecified atom stereocenters. The van der Waals surface area contributed by atoms with E-state index in [2.05, 4.69) is 42.5 Å². The van der Waals surface area contributed by atoms with Gasteiger partial charge in [-0.15, -0.1) is 18.9 Å². The summed E-state index contributed by atoms with van der Waals surface area (Å²) in [6.45, 7) is 0.0304. The molecule has 0 saturated carbocycles. The highest BCUT2D eigenvalue weighted by atomic mass is 16.5. The van der Waals surface area contributed by atoms with E-state index in [4.69, 9.17) is 9.47 Å². The van der Waals surface area contributed by atoms with Crippen LogP contribution in [0.4, 0.5) is 0 Å². The van der Waals surface area contributed by atoms with E-state index in [0.717, 1.165) is 48.5 Å². The van der Waals surface area contributed by atoms with Gasteiger partial charge in [0.2, 0.25) is 0 Å². The first-order chi connectivity index (χ1) is 41.3. The van der Waals surface area contributed by atoms with Crippen molar-refractivity contribution in [2.75, 3.05) is 151 Å². The lowest BCUT2D eigenvalue weighted by Crippen LogP contribution is -2.44. The molecule has 86 heavy (non-hydrogen) atoms. The molecule has 34 heteroatoms. The van der Waals surface area contributed by atoms with Crippen LogP contribution in [0, 0.1) is 0 Å². The number of pyridine rings is 4. The van der Waals surface area contributed by atoms with Crippen LogP contribution in [0.3, 0.4) is 0 Å². The Kier molecular flexibility index (Phi) is 23.0. The molecule has 0 fully saturated rings. The largest absolute Gasteiger partial charge is 0.425 e. The van der Waals surface area contributed by atoms with Crippen molar-refractivity contribution in [3.63, 3.8) is 0 Å². The van der Waals surface area contributed by atoms with E-state index in [-0.39, 0.29) is 176 Å². The van der Waals surface area contributed by atoms with Gasteiger partial charge in [0, 0.05) is 131 Å². The van der Waals surface area contributed by atoms with Gasteiger partial charge in [-0.05, 0) is 55.0 Å². The van der Waals surface area contributed by atoms with Gasteiger partial charge < -0.3 is 72.8 Å². The molecule has 34 nitrogen and oxygen atoms in total. The third-order valence-electron chi connectivity index (χ3n) is 14.0. The van der Waals surface area contributed by atoms with Crippen LogP contribution >= 0.6 is 0 Å². The lowest BCUT2D eigenvalue weighted by atomic mass is 10.2. The minimum atomic E-state index is -1.19. The quantitative estimate of drug-likeness (QED) is 0.0729. The summed E-state index contributed by atoms with van der Waals surface area (Å²) in [4.78, 5) is 167. The van der Waals surface area contributed by atoms with Crippen molar-refractivity contribution in [2.45, 2.75) is 6.42 Å². The lowest BCUT2D eigenvalue weighted by Gasteiger charge is -2.25. The molecule has 0 aromatic carbocycles. The van der Waals surface area contributed by atoms with Gasteiger partial charge in [0.05, 0.1) is 19.9 Å². The number of carbonyl (C=O) groups excluding carboxylic acids is 8. The molecular formula is C52H68N16O18. The van der Waals surface area contributed by atoms with Crippen LogP contribution in [0.1, 0.15) is 89.8 Å². The molecule has 0 aliphatic carbocycles. The molecule has 14 rings (SSSR count). The minimum Gasteiger partial charge on any atom is -0.425 e. The number of carbonyl (C=O) groups is 8. The lowest BCUT2D eigenvalue weighted by molar-refractivity contribution is 0.0251. The Morgan fingerprint density at radius 1 is 0.279 bits per heavy atom. The molecular weight excluding hydrogens is 1140 g/mol. The number of nitrogens with one attached hydrogen (secondary N) is 8. The van der Waals surface area contributed by atoms with Crippen LogP contribution < -0.4 is 64.8 Å². The first-order valence-electron chi connectivity index (χ1n) is 27.5. The first kappa shape index (κ1) is 64.1. The number of aromatic nitrogens is 4. The first-order valence-corrected chi connectivity index (χ1v) is 27.5. The number of hydrogen-bond acceptors (Lipinski definition) is 22. The summed E-state index contributed by atoms with van der Waals surface area (Å²) in [6, 6.07) is 8.72. The van der Waals surface area contributed by atoms with Crippen molar-refractivity contribution >= 4 is 47.3 Å². The maximum Gasteiger partial charge on any atom is 0.296 e. The molecule has 10 aliphatic heterocycles. The summed E-state index contributed by atoms with van der Waals surface area (Å²) < 4.78 is 12.2. The van der Waals surface area contributed by atoms with Crippen LogP contribution in [-0.4, -0.2) is 258 Å². The molecule has 14 heterocycles. The highest BCUT2D eigenvalue weighted by Crippen LogP contribution is 2.06. The van der Waals surface area contributed by atoms with Gasteiger partial charge in [0.1, 0.15) is 45.0 Å². The van der Waals surface area contributed by atoms with Crippen LogP contribution in [-0.2, 0) is 9.47 Å². The van der Waals surface area contributed by atoms with Gasteiger partial charge in [-0.2, -0.15) is 0 Å². The Labute approximate surface area is 488 Å². The van der Waals surface area contributed by atoms with Crippen molar-refractivity contribution in [1.29, 1.82) is 0 Å². The van der Waals surface area contributed by atoms with Gasteiger partial charge in [-0.25, -0.2) is 0 Å². The highest BCUT2D eigenvalue weighted by Gasteiger charge is 2.25. The summed E-state index contributed by atoms with van der Waals surface area (Å²) in [5, 5.41) is 64.0. The molecule has 8 amide bonds. The summed E-state index contributed by atoms with van der Waals surface area (Å²) in [7, 11) is 0. The molecule has 12 bridgehead atoms. The summed E-state index contributed by atoms with van der Waals surface area (Å²) in [5.74, 6) is -7.08. The second-order valence-corrected chi connectivity index (χ2v) is 19.7. The maximum absolute atomic E-state index is 13.4. The van der Waals surface area contributed by atoms with Crippen LogP contribution in [0.5, 0.6) is 0 Å². The van der Waals surface area contributed by atoms with E-state index in [9.17, 15) is 78.4 Å². The smallest absolute Gasteiger partial charge is 0.296 e. The Morgan fingerprint density at radius 3 is 0.802 bits per heavy atom. The average molecular weight is 1210 g/mol. The molecule has 4 aromatic heterocycles. The Bertz CT molecular complexity index is 2980. The third kappa shape index (κ3) is 16.9. The molecule has 464 valence electrons. The molecule has 0 saturated heterocycles. The van der Waals surface area contributed by atoms with Gasteiger partial charge in [0.15, 0.2) is 0 Å². The van der Waals surface area contributed by atoms with Crippen molar-refractivity contribution in [1.82, 2.24) is 81.1 Å². The van der Waals surface area contributed by atoms with Crippen molar-refractivity contribution in [3.8, 4) is 0 Å². The number of rotatable bonds is 0. The normalized spacial score (nSPS) is 21.6. The topological polar surface area (TPSA) is 433 Å². The fourth-order valence-corrected chi connectivity index (χ4v) is 9.17. The van der Waals surface area contributed by atoms with Gasteiger partial charge in [-0.1, -0.05) is 0 Å². The van der Waals surface area contributed by atoms with E-state index < -0.39 is 115 Å². The van der Waals surface area contributed by atoms with E-state index >= 15 is 0 Å². The monoisotopic (exact) mass is 1200 g/mol. The van der Waals surface area contributed by atoms with Gasteiger partial charge >= 0.3 is 0 Å². The van der Waals surface area contributed by atoms with Crippen molar-refractivity contribution in [3.05, 3.63) is 135 Å². The van der Waals surface area contributed by atoms with Gasteiger partial charge in [0.25, 0.3) is 69.5 Å². The molecule has 0 spiro atoms. The Morgan fingerprint density at radius 2 is 0.523 bits per heavy atom. The zero-order valence-electron chi connectivity index (χ0n) is 46.7. The minimum absolute atomic E-state index is 0.00934. The standard InChI is InChI=1S/C52H68N16O18/c69-41-33-2-7-38(66(82)49(33)77)46(74)58-14-23-62-21-11-54-42(70)34-3-6-37(65(81)50(34)78)45(73)57-13-20-61(19-10-53-41)18-1-29-86-32-64-25-16-56-44(72)36-5-8-39(67(83)52(36)80)47(75)59-15-24-63(28-31-85-30-27-62)22-12-55-43(71)35-4-9-40(68(84)51(35)79)48(76)60-17-26-64/h2-9,81-84H,1,10-32H2,(H,53,69)(H,54,70)(H,55,71)(H,56,72)(H,57,73)(H,58,74)(H,59,75)(H,60,76). The van der Waals surface area contributed by atoms with Crippen LogP contribution in [0.2, 0.25) is 0 Å². The molecule has 12 N–H and O–H groups in total. The van der Waals surface area contributed by atoms with Gasteiger partial charge in [-0.3, -0.25) is 77.1 Å².